The van der Waals surface area contributed by atoms with Crippen LogP contribution < -0.4 is 10.0 Å². The van der Waals surface area contributed by atoms with Crippen LogP contribution in [0.2, 0.25) is 0 Å². The molecule has 0 aliphatic heterocycles. The molecule has 0 saturated heterocycles. The molecule has 116 valence electrons. The van der Waals surface area contributed by atoms with E-state index in [0.29, 0.717) is 4.90 Å². The molecule has 0 spiro atoms. The average Bonchev–Trinajstić information content (AvgIpc) is 2.35. The van der Waals surface area contributed by atoms with Gasteiger partial charge in [-0.05, 0) is 39.8 Å². The molecule has 2 N–H and O–H groups in total. The number of nitrogens with one attached hydrogen (secondary N) is 2. The number of rotatable bonds is 4. The minimum atomic E-state index is -1.65. The van der Waals surface area contributed by atoms with E-state index in [9.17, 15) is 14.1 Å². The van der Waals surface area contributed by atoms with Gasteiger partial charge in [0.25, 0.3) is 5.91 Å². The van der Waals surface area contributed by atoms with E-state index in [1.807, 2.05) is 6.92 Å². The van der Waals surface area contributed by atoms with Gasteiger partial charge in [-0.15, -0.1) is 0 Å². The SMILES string of the molecule is Cc1ccc([S+]([O-])NC(=O)CNC(=O)OC(C)(C)C)cc1. The first kappa shape index (κ1) is 17.3. The van der Waals surface area contributed by atoms with E-state index in [1.54, 1.807) is 45.0 Å². The van der Waals surface area contributed by atoms with Crippen molar-refractivity contribution in [3.05, 3.63) is 29.8 Å². The second kappa shape index (κ2) is 7.33. The fourth-order valence-electron chi connectivity index (χ4n) is 1.33. The van der Waals surface area contributed by atoms with Gasteiger partial charge in [0.05, 0.1) is 0 Å². The summed E-state index contributed by atoms with van der Waals surface area (Å²) in [6, 6.07) is 6.96. The second-order valence-corrected chi connectivity index (χ2v) is 6.68. The summed E-state index contributed by atoms with van der Waals surface area (Å²) in [5.41, 5.74) is 0.402. The maximum Gasteiger partial charge on any atom is 0.408 e. The Morgan fingerprint density at radius 3 is 2.33 bits per heavy atom. The number of carbonyl (C=O) groups excluding carboxylic acids is 2. The molecule has 0 saturated carbocycles. The highest BCUT2D eigenvalue weighted by Gasteiger charge is 2.19. The number of alkyl carbamates (subject to hydrolysis) is 1. The molecule has 0 aliphatic rings. The number of amides is 2. The lowest BCUT2D eigenvalue weighted by Crippen LogP contribution is -2.41. The Hall–Kier alpha value is -1.73. The Morgan fingerprint density at radius 2 is 1.81 bits per heavy atom. The lowest BCUT2D eigenvalue weighted by Gasteiger charge is -2.19. The summed E-state index contributed by atoms with van der Waals surface area (Å²) in [6.45, 7) is 6.78. The molecule has 1 rings (SSSR count). The molecule has 1 atom stereocenters. The molecule has 0 aliphatic carbocycles. The van der Waals surface area contributed by atoms with Crippen LogP contribution in [0.1, 0.15) is 26.3 Å². The monoisotopic (exact) mass is 312 g/mol. The lowest BCUT2D eigenvalue weighted by molar-refractivity contribution is -0.118. The van der Waals surface area contributed by atoms with E-state index < -0.39 is 29.0 Å². The molecule has 0 fully saturated rings. The van der Waals surface area contributed by atoms with Gasteiger partial charge in [0.15, 0.2) is 4.90 Å². The molecule has 1 aromatic rings. The maximum atomic E-state index is 11.9. The van der Waals surface area contributed by atoms with Crippen molar-refractivity contribution in [3.63, 3.8) is 0 Å². The summed E-state index contributed by atoms with van der Waals surface area (Å²) < 4.78 is 19.2. The summed E-state index contributed by atoms with van der Waals surface area (Å²) in [6.07, 6.45) is -0.696. The second-order valence-electron chi connectivity index (χ2n) is 5.46. The Kier molecular flexibility index (Phi) is 6.04. The number of ether oxygens (including phenoxy) is 1. The van der Waals surface area contributed by atoms with Gasteiger partial charge in [-0.3, -0.25) is 4.79 Å². The Balaban J connectivity index is 2.40. The van der Waals surface area contributed by atoms with Crippen LogP contribution in [0.3, 0.4) is 0 Å². The molecule has 6 nitrogen and oxygen atoms in total. The van der Waals surface area contributed by atoms with E-state index in [1.165, 1.54) is 0 Å². The van der Waals surface area contributed by atoms with Crippen molar-refractivity contribution in [2.75, 3.05) is 6.54 Å². The van der Waals surface area contributed by atoms with Crippen molar-refractivity contribution in [3.8, 4) is 0 Å². The van der Waals surface area contributed by atoms with E-state index in [-0.39, 0.29) is 6.54 Å². The van der Waals surface area contributed by atoms with Gasteiger partial charge < -0.3 is 14.6 Å². The Morgan fingerprint density at radius 1 is 1.24 bits per heavy atom. The number of hydrogen-bond donors (Lipinski definition) is 2. The van der Waals surface area contributed by atoms with Crippen LogP contribution in [0.25, 0.3) is 0 Å². The fraction of sp³-hybridized carbons (Fsp3) is 0.429. The summed E-state index contributed by atoms with van der Waals surface area (Å²) in [5.74, 6) is -0.556. The van der Waals surface area contributed by atoms with Crippen LogP contribution >= 0.6 is 0 Å². The van der Waals surface area contributed by atoms with Crippen molar-refractivity contribution in [1.82, 2.24) is 10.0 Å². The third kappa shape index (κ3) is 7.01. The van der Waals surface area contributed by atoms with Gasteiger partial charge in [-0.2, -0.15) is 4.72 Å². The van der Waals surface area contributed by atoms with Gasteiger partial charge in [0.1, 0.15) is 23.5 Å². The van der Waals surface area contributed by atoms with Crippen molar-refractivity contribution >= 4 is 23.4 Å². The first-order chi connectivity index (χ1) is 9.67. The molecule has 1 aromatic carbocycles. The van der Waals surface area contributed by atoms with E-state index >= 15 is 0 Å². The van der Waals surface area contributed by atoms with Crippen LogP contribution in [-0.4, -0.2) is 28.7 Å². The number of carbonyl (C=O) groups is 2. The number of benzene rings is 1. The van der Waals surface area contributed by atoms with Crippen LogP contribution in [0.15, 0.2) is 29.2 Å². The summed E-state index contributed by atoms with van der Waals surface area (Å²) in [7, 11) is 0. The molecule has 2 amide bonds. The molecule has 21 heavy (non-hydrogen) atoms. The zero-order valence-corrected chi connectivity index (χ0v) is 13.4. The zero-order valence-electron chi connectivity index (χ0n) is 12.6. The predicted molar refractivity (Wildman–Crippen MR) is 80.0 cm³/mol. The molecule has 0 aromatic heterocycles. The standard InChI is InChI=1S/C14H20N2O4S/c1-10-5-7-11(8-6-10)21(19)16-12(17)9-15-13(18)20-14(2,3)4/h5-8H,9H2,1-4H3,(H,15,18)(H,16,17). The molecule has 0 radical (unpaired) electrons. The quantitative estimate of drug-likeness (QED) is 0.827. The predicted octanol–water partition coefficient (Wildman–Crippen LogP) is 1.66. The van der Waals surface area contributed by atoms with Gasteiger partial charge in [0, 0.05) is 0 Å². The van der Waals surface area contributed by atoms with Crippen LogP contribution in [0.5, 0.6) is 0 Å². The summed E-state index contributed by atoms with van der Waals surface area (Å²) in [5, 5.41) is 2.30. The van der Waals surface area contributed by atoms with Crippen LogP contribution in [-0.2, 0) is 20.9 Å². The largest absolute Gasteiger partial charge is 0.588 e. The molecule has 0 bridgehead atoms. The van der Waals surface area contributed by atoms with Crippen LogP contribution in [0, 0.1) is 6.92 Å². The van der Waals surface area contributed by atoms with Crippen molar-refractivity contribution in [1.29, 1.82) is 0 Å². The molecule has 0 heterocycles. The highest BCUT2D eigenvalue weighted by atomic mass is 32.2. The molecule has 7 heteroatoms. The third-order valence-electron chi connectivity index (χ3n) is 2.23. The van der Waals surface area contributed by atoms with Crippen molar-refractivity contribution < 1.29 is 18.9 Å². The topological polar surface area (TPSA) is 90.5 Å². The molecule has 1 unspecified atom stereocenters. The highest BCUT2D eigenvalue weighted by molar-refractivity contribution is 7.90. The summed E-state index contributed by atoms with van der Waals surface area (Å²) in [4.78, 5) is 23.4. The number of hydrogen-bond acceptors (Lipinski definition) is 4. The summed E-state index contributed by atoms with van der Waals surface area (Å²) >= 11 is -1.65. The van der Waals surface area contributed by atoms with E-state index in [0.717, 1.165) is 5.56 Å². The lowest BCUT2D eigenvalue weighted by atomic mass is 10.2. The van der Waals surface area contributed by atoms with Gasteiger partial charge in [-0.25, -0.2) is 4.79 Å². The number of aryl methyl sites for hydroxylation is 1. The molecular weight excluding hydrogens is 292 g/mol. The molecular formula is C14H20N2O4S. The van der Waals surface area contributed by atoms with Crippen LogP contribution in [0.4, 0.5) is 4.79 Å². The maximum absolute atomic E-state index is 11.9. The Bertz CT molecular complexity index is 497. The first-order valence-electron chi connectivity index (χ1n) is 6.42. The zero-order chi connectivity index (χ0) is 16.0. The van der Waals surface area contributed by atoms with Gasteiger partial charge in [0.2, 0.25) is 0 Å². The smallest absolute Gasteiger partial charge is 0.408 e. The van der Waals surface area contributed by atoms with Crippen molar-refractivity contribution in [2.24, 2.45) is 0 Å². The van der Waals surface area contributed by atoms with E-state index in [2.05, 4.69) is 10.0 Å². The Labute approximate surface area is 127 Å². The van der Waals surface area contributed by atoms with E-state index in [4.69, 9.17) is 4.74 Å². The third-order valence-corrected chi connectivity index (χ3v) is 3.35. The fourth-order valence-corrected chi connectivity index (χ4v) is 2.11. The normalized spacial score (nSPS) is 12.4. The minimum Gasteiger partial charge on any atom is -0.588 e. The first-order valence-corrected chi connectivity index (χ1v) is 7.57. The van der Waals surface area contributed by atoms with Gasteiger partial charge >= 0.3 is 6.09 Å². The van der Waals surface area contributed by atoms with Gasteiger partial charge in [-0.1, -0.05) is 17.7 Å². The minimum absolute atomic E-state index is 0.299. The van der Waals surface area contributed by atoms with Crippen molar-refractivity contribution in [2.45, 2.75) is 38.2 Å². The highest BCUT2D eigenvalue weighted by Crippen LogP contribution is 2.09. The average molecular weight is 312 g/mol.